The third kappa shape index (κ3) is 3.07. The van der Waals surface area contributed by atoms with Crippen molar-refractivity contribution in [1.29, 1.82) is 0 Å². The van der Waals surface area contributed by atoms with Crippen LogP contribution in [0.4, 0.5) is 0 Å². The van der Waals surface area contributed by atoms with Crippen molar-refractivity contribution in [2.45, 2.75) is 26.9 Å². The second-order valence-electron chi connectivity index (χ2n) is 4.82. The zero-order chi connectivity index (χ0) is 14.8. The Morgan fingerprint density at radius 3 is 3.10 bits per heavy atom. The van der Waals surface area contributed by atoms with E-state index in [1.807, 2.05) is 20.0 Å². The van der Waals surface area contributed by atoms with E-state index in [9.17, 15) is 4.79 Å². The van der Waals surface area contributed by atoms with Crippen LogP contribution >= 0.6 is 11.3 Å². The largest absolute Gasteiger partial charge is 0.350 e. The molecule has 1 atom stereocenters. The molecule has 8 nitrogen and oxygen atoms in total. The van der Waals surface area contributed by atoms with E-state index < -0.39 is 0 Å². The number of amides is 1. The number of hydrogen-bond acceptors (Lipinski definition) is 6. The lowest BCUT2D eigenvalue weighted by atomic mass is 10.1. The summed E-state index contributed by atoms with van der Waals surface area (Å²) < 4.78 is 3.38. The van der Waals surface area contributed by atoms with Gasteiger partial charge in [0.15, 0.2) is 0 Å². The average Bonchev–Trinajstić information content (AvgIpc) is 3.12. The summed E-state index contributed by atoms with van der Waals surface area (Å²) in [6.45, 7) is 4.70. The third-order valence-corrected chi connectivity index (χ3v) is 3.85. The Morgan fingerprint density at radius 2 is 2.38 bits per heavy atom. The molecular weight excluding hydrogens is 290 g/mol. The third-order valence-electron chi connectivity index (χ3n) is 3.01. The molecular formula is C12H15N7OS. The lowest BCUT2D eigenvalue weighted by Crippen LogP contribution is -2.31. The second kappa shape index (κ2) is 5.60. The molecule has 3 heterocycles. The standard InChI is InChI=1S/C12H15N7OS/c1-8(4-18-7-13-6-15-18)11(20)14-3-10-5-19-12(16-10)21-9(2)17-19/h5-8H,3-4H2,1-2H3,(H,14,20)/t8-/m0/s1. The highest BCUT2D eigenvalue weighted by Crippen LogP contribution is 2.13. The highest BCUT2D eigenvalue weighted by molar-refractivity contribution is 7.16. The number of hydrogen-bond donors (Lipinski definition) is 1. The van der Waals surface area contributed by atoms with Crippen LogP contribution in [0.25, 0.3) is 4.96 Å². The Bertz CT molecular complexity index is 713. The molecule has 0 aliphatic carbocycles. The van der Waals surface area contributed by atoms with Gasteiger partial charge in [0.25, 0.3) is 0 Å². The van der Waals surface area contributed by atoms with Gasteiger partial charge in [-0.2, -0.15) is 10.2 Å². The van der Waals surface area contributed by atoms with Gasteiger partial charge in [0, 0.05) is 0 Å². The van der Waals surface area contributed by atoms with Crippen molar-refractivity contribution in [3.05, 3.63) is 29.6 Å². The minimum atomic E-state index is -0.184. The normalized spacial score (nSPS) is 12.7. The molecule has 0 aliphatic rings. The Morgan fingerprint density at radius 1 is 1.52 bits per heavy atom. The van der Waals surface area contributed by atoms with E-state index in [0.29, 0.717) is 13.1 Å². The van der Waals surface area contributed by atoms with Crippen molar-refractivity contribution < 1.29 is 4.79 Å². The van der Waals surface area contributed by atoms with E-state index in [1.54, 1.807) is 15.5 Å². The molecule has 0 aliphatic heterocycles. The van der Waals surface area contributed by atoms with Gasteiger partial charge in [-0.05, 0) is 6.92 Å². The van der Waals surface area contributed by atoms with Crippen molar-refractivity contribution in [1.82, 2.24) is 34.7 Å². The van der Waals surface area contributed by atoms with Gasteiger partial charge >= 0.3 is 0 Å². The van der Waals surface area contributed by atoms with Crippen molar-refractivity contribution >= 4 is 22.2 Å². The molecule has 3 rings (SSSR count). The molecule has 110 valence electrons. The van der Waals surface area contributed by atoms with Crippen LogP contribution in [-0.2, 0) is 17.9 Å². The zero-order valence-electron chi connectivity index (χ0n) is 11.7. The zero-order valence-corrected chi connectivity index (χ0v) is 12.5. The fourth-order valence-electron chi connectivity index (χ4n) is 1.97. The van der Waals surface area contributed by atoms with Crippen molar-refractivity contribution in [2.75, 3.05) is 0 Å². The summed E-state index contributed by atoms with van der Waals surface area (Å²) in [6.07, 6.45) is 4.89. The number of fused-ring (bicyclic) bond motifs is 1. The molecule has 0 radical (unpaired) electrons. The molecule has 0 saturated carbocycles. The van der Waals surface area contributed by atoms with Gasteiger partial charge in [0.05, 0.1) is 30.9 Å². The molecule has 1 N–H and O–H groups in total. The quantitative estimate of drug-likeness (QED) is 0.747. The second-order valence-corrected chi connectivity index (χ2v) is 5.98. The molecule has 1 amide bonds. The van der Waals surface area contributed by atoms with Crippen LogP contribution < -0.4 is 5.32 Å². The van der Waals surface area contributed by atoms with E-state index in [1.165, 1.54) is 17.7 Å². The molecule has 9 heteroatoms. The van der Waals surface area contributed by atoms with E-state index in [4.69, 9.17) is 0 Å². The summed E-state index contributed by atoms with van der Waals surface area (Å²) in [5, 5.41) is 12.1. The summed E-state index contributed by atoms with van der Waals surface area (Å²) in [6, 6.07) is 0. The van der Waals surface area contributed by atoms with Gasteiger partial charge in [0.2, 0.25) is 10.9 Å². The van der Waals surface area contributed by atoms with Gasteiger partial charge < -0.3 is 5.32 Å². The van der Waals surface area contributed by atoms with Gasteiger partial charge in [-0.1, -0.05) is 18.3 Å². The summed E-state index contributed by atoms with van der Waals surface area (Å²) >= 11 is 1.53. The van der Waals surface area contributed by atoms with Crippen LogP contribution in [0, 0.1) is 12.8 Å². The summed E-state index contributed by atoms with van der Waals surface area (Å²) in [5.74, 6) is -0.221. The van der Waals surface area contributed by atoms with E-state index in [2.05, 4.69) is 25.5 Å². The summed E-state index contributed by atoms with van der Waals surface area (Å²) in [7, 11) is 0. The van der Waals surface area contributed by atoms with Crippen molar-refractivity contribution in [2.24, 2.45) is 5.92 Å². The van der Waals surface area contributed by atoms with E-state index in [-0.39, 0.29) is 11.8 Å². The van der Waals surface area contributed by atoms with Crippen LogP contribution in [0.3, 0.4) is 0 Å². The van der Waals surface area contributed by atoms with E-state index >= 15 is 0 Å². The number of imidazole rings is 1. The maximum Gasteiger partial charge on any atom is 0.225 e. The number of nitrogens with one attached hydrogen (secondary N) is 1. The van der Waals surface area contributed by atoms with Crippen molar-refractivity contribution in [3.8, 4) is 0 Å². The first-order chi connectivity index (χ1) is 10.1. The maximum atomic E-state index is 12.0. The smallest absolute Gasteiger partial charge is 0.225 e. The molecule has 0 fully saturated rings. The van der Waals surface area contributed by atoms with Gasteiger partial charge in [-0.3, -0.25) is 9.48 Å². The molecule has 0 saturated heterocycles. The average molecular weight is 305 g/mol. The molecule has 0 spiro atoms. The lowest BCUT2D eigenvalue weighted by molar-refractivity contribution is -0.125. The maximum absolute atomic E-state index is 12.0. The Kier molecular flexibility index (Phi) is 3.65. The highest BCUT2D eigenvalue weighted by atomic mass is 32.1. The van der Waals surface area contributed by atoms with Crippen LogP contribution in [0.1, 0.15) is 17.6 Å². The topological polar surface area (TPSA) is 90.0 Å². The first-order valence-electron chi connectivity index (χ1n) is 6.53. The van der Waals surface area contributed by atoms with Crippen LogP contribution in [0.5, 0.6) is 0 Å². The SMILES string of the molecule is Cc1nn2cc(CNC(=O)[C@@H](C)Cn3cncn3)nc2s1. The predicted octanol–water partition coefficient (Wildman–Crippen LogP) is 0.643. The summed E-state index contributed by atoms with van der Waals surface area (Å²) in [5.41, 5.74) is 0.801. The minimum absolute atomic E-state index is 0.0361. The van der Waals surface area contributed by atoms with Gasteiger partial charge in [-0.15, -0.1) is 0 Å². The number of aromatic nitrogens is 6. The first kappa shape index (κ1) is 13.7. The number of carbonyl (C=O) groups excluding carboxylic acids is 1. The monoisotopic (exact) mass is 305 g/mol. The highest BCUT2D eigenvalue weighted by Gasteiger charge is 2.14. The Balaban J connectivity index is 1.56. The van der Waals surface area contributed by atoms with Gasteiger partial charge in [-0.25, -0.2) is 14.5 Å². The molecule has 0 bridgehead atoms. The molecule has 0 aromatic carbocycles. The van der Waals surface area contributed by atoms with Crippen LogP contribution in [0.15, 0.2) is 18.9 Å². The predicted molar refractivity (Wildman–Crippen MR) is 76.6 cm³/mol. The molecule has 0 unspecified atom stereocenters. The van der Waals surface area contributed by atoms with Crippen LogP contribution in [-0.4, -0.2) is 35.3 Å². The fraction of sp³-hybridized carbons (Fsp3) is 0.417. The van der Waals surface area contributed by atoms with Gasteiger partial charge in [0.1, 0.15) is 17.7 Å². The number of carbonyl (C=O) groups is 1. The van der Waals surface area contributed by atoms with E-state index in [0.717, 1.165) is 15.7 Å². The lowest BCUT2D eigenvalue weighted by Gasteiger charge is -2.10. The fourth-order valence-corrected chi connectivity index (χ4v) is 2.72. The van der Waals surface area contributed by atoms with Crippen LogP contribution in [0.2, 0.25) is 0 Å². The number of rotatable bonds is 5. The molecule has 21 heavy (non-hydrogen) atoms. The molecule has 3 aromatic rings. The number of aryl methyl sites for hydroxylation is 1. The molecule has 3 aromatic heterocycles. The van der Waals surface area contributed by atoms with Crippen molar-refractivity contribution in [3.63, 3.8) is 0 Å². The Labute approximate surface area is 124 Å². The summed E-state index contributed by atoms with van der Waals surface area (Å²) in [4.78, 5) is 21.1. The first-order valence-corrected chi connectivity index (χ1v) is 7.35. The Hall–Kier alpha value is -2.29. The minimum Gasteiger partial charge on any atom is -0.350 e. The number of nitrogens with zero attached hydrogens (tertiary/aromatic N) is 6.